The zero-order valence-electron chi connectivity index (χ0n) is 34.0. The van der Waals surface area contributed by atoms with Gasteiger partial charge in [0.15, 0.2) is 0 Å². The monoisotopic (exact) mass is 849 g/mol. The fraction of sp³-hybridized carbons (Fsp3) is 0. The highest BCUT2D eigenvalue weighted by Gasteiger charge is 2.33. The minimum absolute atomic E-state index is 0.403. The van der Waals surface area contributed by atoms with Crippen LogP contribution in [0.25, 0.3) is 123 Å². The zero-order chi connectivity index (χ0) is 42.5. The first kappa shape index (κ1) is 36.3. The highest BCUT2D eigenvalue weighted by molar-refractivity contribution is 7.27. The van der Waals surface area contributed by atoms with Gasteiger partial charge in [0.25, 0.3) is 0 Å². The molecular formula is C57H31N5S2. The number of nitrogens with zero attached hydrogens (tertiary/aromatic N) is 5. The summed E-state index contributed by atoms with van der Waals surface area (Å²) in [7, 11) is 0. The van der Waals surface area contributed by atoms with Gasteiger partial charge in [0.2, 0.25) is 5.69 Å². The molecule has 7 heteroatoms. The van der Waals surface area contributed by atoms with Gasteiger partial charge >= 0.3 is 0 Å². The van der Waals surface area contributed by atoms with E-state index in [1.165, 1.54) is 30.9 Å². The summed E-state index contributed by atoms with van der Waals surface area (Å²) in [6, 6.07) is 67.7. The topological polar surface area (TPSA) is 50.9 Å². The van der Waals surface area contributed by atoms with E-state index >= 15 is 0 Å². The van der Waals surface area contributed by atoms with Gasteiger partial charge in [-0.05, 0) is 35.4 Å². The Bertz CT molecular complexity index is 4010. The van der Waals surface area contributed by atoms with Crippen molar-refractivity contribution in [3.05, 3.63) is 205 Å². The standard InChI is InChI=1S/C57H31N5S2/c1-59-50-48(34-17-5-2-6-18-34)43(33-58)51(61-45-26-14-13-25-44(45)60-57(61)36-21-9-4-10-22-36)49(35-19-7-3-8-20-35)54(50)62-52-39(29-31-41-37-23-11-15-27-46(37)63-55(41)52)40-30-32-42-38-24-12-16-28-47(38)64-56(42)53(40)62/h2-32H. The summed E-state index contributed by atoms with van der Waals surface area (Å²) >= 11 is 3.58. The van der Waals surface area contributed by atoms with Crippen LogP contribution in [0.5, 0.6) is 0 Å². The van der Waals surface area contributed by atoms with E-state index < -0.39 is 0 Å². The van der Waals surface area contributed by atoms with E-state index in [0.717, 1.165) is 70.2 Å². The summed E-state index contributed by atoms with van der Waals surface area (Å²) in [5.41, 5.74) is 9.88. The molecule has 0 unspecified atom stereocenters. The first-order valence-electron chi connectivity index (χ1n) is 21.1. The van der Waals surface area contributed by atoms with Crippen LogP contribution in [-0.4, -0.2) is 14.1 Å². The Morgan fingerprint density at radius 2 is 0.953 bits per heavy atom. The Kier molecular flexibility index (Phi) is 8.01. The second-order valence-electron chi connectivity index (χ2n) is 16.0. The summed E-state index contributed by atoms with van der Waals surface area (Å²) in [6.07, 6.45) is 0. The zero-order valence-corrected chi connectivity index (χ0v) is 35.6. The molecule has 0 aliphatic rings. The molecule has 5 nitrogen and oxygen atoms in total. The third kappa shape index (κ3) is 5.11. The molecule has 13 aromatic rings. The highest BCUT2D eigenvalue weighted by atomic mass is 32.1. The van der Waals surface area contributed by atoms with E-state index in [-0.39, 0.29) is 0 Å². The molecule has 64 heavy (non-hydrogen) atoms. The molecule has 0 amide bonds. The summed E-state index contributed by atoms with van der Waals surface area (Å²) < 4.78 is 9.27. The molecule has 0 saturated heterocycles. The average Bonchev–Trinajstić information content (AvgIpc) is 4.13. The predicted octanol–water partition coefficient (Wildman–Crippen LogP) is 16.3. The first-order valence-corrected chi connectivity index (χ1v) is 22.7. The van der Waals surface area contributed by atoms with Gasteiger partial charge in [-0.1, -0.05) is 164 Å². The number of fused-ring (bicyclic) bond motifs is 12. The van der Waals surface area contributed by atoms with Gasteiger partial charge in [-0.15, -0.1) is 22.7 Å². The molecule has 4 aromatic heterocycles. The molecule has 13 rings (SSSR count). The molecule has 0 bridgehead atoms. The summed E-state index contributed by atoms with van der Waals surface area (Å²) in [5, 5.41) is 18.7. The molecule has 0 atom stereocenters. The lowest BCUT2D eigenvalue weighted by Crippen LogP contribution is -2.10. The van der Waals surface area contributed by atoms with Crippen LogP contribution >= 0.6 is 22.7 Å². The molecule has 9 aromatic carbocycles. The van der Waals surface area contributed by atoms with Crippen molar-refractivity contribution in [2.45, 2.75) is 0 Å². The average molecular weight is 850 g/mol. The van der Waals surface area contributed by atoms with Crippen molar-refractivity contribution >= 4 is 102 Å². The van der Waals surface area contributed by atoms with Crippen molar-refractivity contribution in [2.75, 3.05) is 0 Å². The van der Waals surface area contributed by atoms with Crippen LogP contribution in [-0.2, 0) is 0 Å². The van der Waals surface area contributed by atoms with Crippen molar-refractivity contribution in [1.82, 2.24) is 14.1 Å². The van der Waals surface area contributed by atoms with Crippen molar-refractivity contribution < 1.29 is 0 Å². The first-order chi connectivity index (χ1) is 31.7. The Morgan fingerprint density at radius 1 is 0.469 bits per heavy atom. The molecule has 296 valence electrons. The number of imidazole rings is 1. The normalized spacial score (nSPS) is 11.7. The minimum Gasteiger partial charge on any atom is -0.316 e. The lowest BCUT2D eigenvalue weighted by molar-refractivity contribution is 1.09. The third-order valence-electron chi connectivity index (χ3n) is 12.6. The molecule has 0 saturated carbocycles. The minimum atomic E-state index is 0.403. The van der Waals surface area contributed by atoms with Crippen LogP contribution in [0.15, 0.2) is 188 Å². The van der Waals surface area contributed by atoms with E-state index in [9.17, 15) is 11.8 Å². The smallest absolute Gasteiger partial charge is 0.220 e. The van der Waals surface area contributed by atoms with Crippen molar-refractivity contribution in [1.29, 1.82) is 5.26 Å². The molecule has 0 fully saturated rings. The number of hydrogen-bond donors (Lipinski definition) is 0. The molecule has 0 aliphatic carbocycles. The number of nitriles is 1. The molecule has 0 N–H and O–H groups in total. The fourth-order valence-electron chi connectivity index (χ4n) is 9.93. The van der Waals surface area contributed by atoms with Gasteiger partial charge in [0.05, 0.1) is 55.0 Å². The molecule has 0 aliphatic heterocycles. The van der Waals surface area contributed by atoms with E-state index in [4.69, 9.17) is 4.98 Å². The van der Waals surface area contributed by atoms with Crippen molar-refractivity contribution in [3.8, 4) is 51.1 Å². The van der Waals surface area contributed by atoms with E-state index in [2.05, 4.69) is 123 Å². The van der Waals surface area contributed by atoms with Gasteiger partial charge in [-0.2, -0.15) is 5.26 Å². The van der Waals surface area contributed by atoms with Gasteiger partial charge in [0.1, 0.15) is 11.9 Å². The van der Waals surface area contributed by atoms with Crippen LogP contribution in [0.2, 0.25) is 0 Å². The van der Waals surface area contributed by atoms with Crippen LogP contribution in [0, 0.1) is 17.9 Å². The predicted molar refractivity (Wildman–Crippen MR) is 268 cm³/mol. The number of benzene rings is 9. The van der Waals surface area contributed by atoms with Gasteiger partial charge in [-0.3, -0.25) is 4.57 Å². The maximum Gasteiger partial charge on any atom is 0.220 e. The molecule has 0 radical (unpaired) electrons. The lowest BCUT2D eigenvalue weighted by atomic mass is 9.88. The summed E-state index contributed by atoms with van der Waals surface area (Å²) in [5.74, 6) is 0.706. The number of hydrogen-bond acceptors (Lipinski definition) is 4. The van der Waals surface area contributed by atoms with Crippen LogP contribution in [0.3, 0.4) is 0 Å². The SMILES string of the molecule is [C-]#[N+]c1c(-c2ccccc2)c(C#N)c(-n2c(-c3ccccc3)nc3ccccc32)c(-c2ccccc2)c1-n1c2c(ccc3c4ccccc4sc32)c2ccc3c4ccccc4sc3c21. The van der Waals surface area contributed by atoms with Gasteiger partial charge in [-0.25, -0.2) is 9.83 Å². The fourth-order valence-corrected chi connectivity index (χ4v) is 12.4. The van der Waals surface area contributed by atoms with Gasteiger partial charge in [0, 0.05) is 58.4 Å². The maximum atomic E-state index is 11.8. The number of aromatic nitrogens is 3. The summed E-state index contributed by atoms with van der Waals surface area (Å²) in [4.78, 5) is 9.91. The molecular weight excluding hydrogens is 819 g/mol. The van der Waals surface area contributed by atoms with Crippen LogP contribution < -0.4 is 0 Å². The van der Waals surface area contributed by atoms with E-state index in [1.807, 2.05) is 84.9 Å². The van der Waals surface area contributed by atoms with Crippen molar-refractivity contribution in [3.63, 3.8) is 0 Å². The second kappa shape index (κ2) is 14.1. The summed E-state index contributed by atoms with van der Waals surface area (Å²) in [6.45, 7) is 9.37. The largest absolute Gasteiger partial charge is 0.316 e. The van der Waals surface area contributed by atoms with Crippen LogP contribution in [0.1, 0.15) is 5.56 Å². The Balaban J connectivity index is 1.36. The van der Waals surface area contributed by atoms with E-state index in [1.54, 1.807) is 22.7 Å². The Labute approximate surface area is 375 Å². The Morgan fingerprint density at radius 3 is 1.52 bits per heavy atom. The van der Waals surface area contributed by atoms with Crippen LogP contribution in [0.4, 0.5) is 5.69 Å². The quantitative estimate of drug-likeness (QED) is 0.162. The molecule has 4 heterocycles. The number of thiophene rings is 2. The number of rotatable bonds is 5. The lowest BCUT2D eigenvalue weighted by Gasteiger charge is -2.26. The highest BCUT2D eigenvalue weighted by Crippen LogP contribution is 2.54. The van der Waals surface area contributed by atoms with E-state index in [0.29, 0.717) is 28.3 Å². The molecule has 0 spiro atoms. The second-order valence-corrected chi connectivity index (χ2v) is 18.1. The third-order valence-corrected chi connectivity index (χ3v) is 15.0. The Hall–Kier alpha value is -8.33. The maximum absolute atomic E-state index is 11.8. The number of para-hydroxylation sites is 2. The van der Waals surface area contributed by atoms with Crippen molar-refractivity contribution in [2.24, 2.45) is 0 Å². The van der Waals surface area contributed by atoms with Gasteiger partial charge < -0.3 is 4.57 Å².